The van der Waals surface area contributed by atoms with Crippen LogP contribution in [0.1, 0.15) is 5.56 Å². The summed E-state index contributed by atoms with van der Waals surface area (Å²) in [7, 11) is 1.99. The fourth-order valence-electron chi connectivity index (χ4n) is 1.65. The standard InChI is InChI=1S/C14H16N2O/c1-16(11-12-5-3-2-4-6-12)15-13-7-9-14(17)10-8-13/h2-10,15,17H,11H2,1H3. The van der Waals surface area contributed by atoms with Gasteiger partial charge in [0.15, 0.2) is 0 Å². The number of hydrazine groups is 1. The highest BCUT2D eigenvalue weighted by atomic mass is 16.3. The molecule has 3 nitrogen and oxygen atoms in total. The van der Waals surface area contributed by atoms with Gasteiger partial charge in [-0.15, -0.1) is 0 Å². The van der Waals surface area contributed by atoms with Crippen molar-refractivity contribution in [3.8, 4) is 5.75 Å². The maximum absolute atomic E-state index is 9.18. The predicted octanol–water partition coefficient (Wildman–Crippen LogP) is 2.85. The Bertz CT molecular complexity index is 453. The first kappa shape index (κ1) is 11.5. The summed E-state index contributed by atoms with van der Waals surface area (Å²) < 4.78 is 0. The summed E-state index contributed by atoms with van der Waals surface area (Å²) in [6.45, 7) is 0.821. The zero-order valence-electron chi connectivity index (χ0n) is 9.80. The minimum Gasteiger partial charge on any atom is -0.508 e. The van der Waals surface area contributed by atoms with E-state index in [1.165, 1.54) is 5.56 Å². The molecule has 3 heteroatoms. The molecule has 0 saturated carbocycles. The minimum atomic E-state index is 0.279. The van der Waals surface area contributed by atoms with Crippen molar-refractivity contribution in [2.75, 3.05) is 12.5 Å². The molecule has 17 heavy (non-hydrogen) atoms. The first-order valence-electron chi connectivity index (χ1n) is 5.55. The van der Waals surface area contributed by atoms with Crippen molar-refractivity contribution < 1.29 is 5.11 Å². The van der Waals surface area contributed by atoms with Crippen molar-refractivity contribution in [3.05, 3.63) is 60.2 Å². The number of aromatic hydroxyl groups is 1. The second-order valence-corrected chi connectivity index (χ2v) is 4.00. The quantitative estimate of drug-likeness (QED) is 0.624. The van der Waals surface area contributed by atoms with Gasteiger partial charge < -0.3 is 10.5 Å². The number of phenolic OH excluding ortho intramolecular Hbond substituents is 1. The third-order valence-electron chi connectivity index (χ3n) is 2.45. The van der Waals surface area contributed by atoms with Gasteiger partial charge in [-0.05, 0) is 29.8 Å². The lowest BCUT2D eigenvalue weighted by molar-refractivity contribution is 0.395. The Morgan fingerprint density at radius 3 is 2.29 bits per heavy atom. The van der Waals surface area contributed by atoms with Crippen molar-refractivity contribution in [2.45, 2.75) is 6.54 Å². The highest BCUT2D eigenvalue weighted by Gasteiger charge is 1.99. The largest absolute Gasteiger partial charge is 0.508 e. The van der Waals surface area contributed by atoms with Gasteiger partial charge in [-0.2, -0.15) is 0 Å². The van der Waals surface area contributed by atoms with Gasteiger partial charge in [0.2, 0.25) is 0 Å². The molecule has 0 saturated heterocycles. The van der Waals surface area contributed by atoms with E-state index in [0.717, 1.165) is 12.2 Å². The zero-order valence-corrected chi connectivity index (χ0v) is 9.80. The minimum absolute atomic E-state index is 0.279. The maximum atomic E-state index is 9.18. The third-order valence-corrected chi connectivity index (χ3v) is 2.45. The highest BCUT2D eigenvalue weighted by Crippen LogP contribution is 2.14. The number of nitrogens with zero attached hydrogens (tertiary/aromatic N) is 1. The molecule has 0 unspecified atom stereocenters. The van der Waals surface area contributed by atoms with Crippen LogP contribution in [-0.2, 0) is 6.54 Å². The predicted molar refractivity (Wildman–Crippen MR) is 69.6 cm³/mol. The van der Waals surface area contributed by atoms with Crippen molar-refractivity contribution >= 4 is 5.69 Å². The molecular weight excluding hydrogens is 212 g/mol. The second-order valence-electron chi connectivity index (χ2n) is 4.00. The topological polar surface area (TPSA) is 35.5 Å². The van der Waals surface area contributed by atoms with Crippen LogP contribution >= 0.6 is 0 Å². The van der Waals surface area contributed by atoms with Gasteiger partial charge >= 0.3 is 0 Å². The molecule has 0 atom stereocenters. The molecule has 0 spiro atoms. The molecule has 0 aromatic heterocycles. The van der Waals surface area contributed by atoms with Crippen LogP contribution in [0.3, 0.4) is 0 Å². The number of rotatable bonds is 4. The van der Waals surface area contributed by atoms with E-state index in [2.05, 4.69) is 17.6 Å². The average Bonchev–Trinajstić information content (AvgIpc) is 2.33. The highest BCUT2D eigenvalue weighted by molar-refractivity contribution is 5.45. The van der Waals surface area contributed by atoms with Crippen LogP contribution in [-0.4, -0.2) is 17.2 Å². The van der Waals surface area contributed by atoms with Crippen molar-refractivity contribution in [1.29, 1.82) is 0 Å². The van der Waals surface area contributed by atoms with Crippen molar-refractivity contribution in [3.63, 3.8) is 0 Å². The van der Waals surface area contributed by atoms with E-state index in [1.807, 2.05) is 42.4 Å². The molecule has 0 bridgehead atoms. The molecule has 2 rings (SSSR count). The summed E-state index contributed by atoms with van der Waals surface area (Å²) in [5.41, 5.74) is 5.45. The zero-order chi connectivity index (χ0) is 12.1. The number of hydrogen-bond acceptors (Lipinski definition) is 3. The van der Waals surface area contributed by atoms with E-state index < -0.39 is 0 Å². The van der Waals surface area contributed by atoms with Crippen molar-refractivity contribution in [1.82, 2.24) is 5.01 Å². The molecule has 2 N–H and O–H groups in total. The number of phenols is 1. The normalized spacial score (nSPS) is 10.5. The van der Waals surface area contributed by atoms with Crippen LogP contribution < -0.4 is 5.43 Å². The van der Waals surface area contributed by atoms with Gasteiger partial charge in [-0.25, -0.2) is 5.01 Å². The summed E-state index contributed by atoms with van der Waals surface area (Å²) in [5, 5.41) is 11.2. The van der Waals surface area contributed by atoms with Crippen LogP contribution in [0.25, 0.3) is 0 Å². The summed E-state index contributed by atoms with van der Waals surface area (Å²) in [4.78, 5) is 0. The first-order valence-corrected chi connectivity index (χ1v) is 5.55. The van der Waals surface area contributed by atoms with E-state index in [-0.39, 0.29) is 5.75 Å². The molecule has 0 aliphatic carbocycles. The van der Waals surface area contributed by atoms with Gasteiger partial charge in [0, 0.05) is 19.3 Å². The summed E-state index contributed by atoms with van der Waals surface area (Å²) in [6.07, 6.45) is 0. The van der Waals surface area contributed by atoms with Crippen LogP contribution in [0.15, 0.2) is 54.6 Å². The lowest BCUT2D eigenvalue weighted by Gasteiger charge is -2.19. The molecule has 0 amide bonds. The summed E-state index contributed by atoms with van der Waals surface area (Å²) in [6, 6.07) is 17.3. The number of benzene rings is 2. The smallest absolute Gasteiger partial charge is 0.115 e. The molecule has 0 aliphatic rings. The molecule has 0 radical (unpaired) electrons. The Hall–Kier alpha value is -2.00. The third kappa shape index (κ3) is 3.50. The Kier molecular flexibility index (Phi) is 3.62. The molecule has 0 heterocycles. The molecule has 0 aliphatic heterocycles. The molecule has 2 aromatic rings. The number of nitrogens with one attached hydrogen (secondary N) is 1. The van der Waals surface area contributed by atoms with Crippen molar-refractivity contribution in [2.24, 2.45) is 0 Å². The Labute approximate surface area is 101 Å². The monoisotopic (exact) mass is 228 g/mol. The lowest BCUT2D eigenvalue weighted by Crippen LogP contribution is -2.24. The van der Waals surface area contributed by atoms with Crippen LogP contribution in [0.5, 0.6) is 5.75 Å². The number of hydrogen-bond donors (Lipinski definition) is 2. The lowest BCUT2D eigenvalue weighted by atomic mass is 10.2. The first-order chi connectivity index (χ1) is 8.24. The number of anilines is 1. The molecule has 2 aromatic carbocycles. The fraction of sp³-hybridized carbons (Fsp3) is 0.143. The van der Waals surface area contributed by atoms with E-state index >= 15 is 0 Å². The van der Waals surface area contributed by atoms with Crippen LogP contribution in [0.4, 0.5) is 5.69 Å². The summed E-state index contributed by atoms with van der Waals surface area (Å²) in [5.74, 6) is 0.279. The van der Waals surface area contributed by atoms with Gasteiger partial charge in [0.1, 0.15) is 5.75 Å². The summed E-state index contributed by atoms with van der Waals surface area (Å²) >= 11 is 0. The van der Waals surface area contributed by atoms with E-state index in [1.54, 1.807) is 12.1 Å². The maximum Gasteiger partial charge on any atom is 0.115 e. The van der Waals surface area contributed by atoms with E-state index in [9.17, 15) is 5.11 Å². The van der Waals surface area contributed by atoms with Crippen LogP contribution in [0, 0.1) is 0 Å². The molecule has 88 valence electrons. The fourth-order valence-corrected chi connectivity index (χ4v) is 1.65. The second kappa shape index (κ2) is 5.37. The van der Waals surface area contributed by atoms with E-state index in [0.29, 0.717) is 0 Å². The molecular formula is C14H16N2O. The molecule has 0 fully saturated rings. The van der Waals surface area contributed by atoms with Gasteiger partial charge in [-0.1, -0.05) is 30.3 Å². The van der Waals surface area contributed by atoms with E-state index in [4.69, 9.17) is 0 Å². The van der Waals surface area contributed by atoms with Crippen LogP contribution in [0.2, 0.25) is 0 Å². The SMILES string of the molecule is CN(Cc1ccccc1)Nc1ccc(O)cc1. The average molecular weight is 228 g/mol. The Morgan fingerprint density at radius 1 is 1.00 bits per heavy atom. The Balaban J connectivity index is 1.93. The van der Waals surface area contributed by atoms with Gasteiger partial charge in [0.25, 0.3) is 0 Å². The van der Waals surface area contributed by atoms with Gasteiger partial charge in [-0.3, -0.25) is 0 Å². The van der Waals surface area contributed by atoms with Gasteiger partial charge in [0.05, 0.1) is 0 Å². The Morgan fingerprint density at radius 2 is 1.65 bits per heavy atom.